The molecule has 0 spiro atoms. The zero-order chi connectivity index (χ0) is 18.0. The van der Waals surface area contributed by atoms with E-state index in [4.69, 9.17) is 8.83 Å². The summed E-state index contributed by atoms with van der Waals surface area (Å²) in [4.78, 5) is 0. The van der Waals surface area contributed by atoms with Gasteiger partial charge in [-0.2, -0.15) is 0 Å². The minimum Gasteiger partial charge on any atom is -0.507 e. The smallest absolute Gasteiger partial charge is 0.139 e. The molecule has 4 aromatic carbocycles. The highest BCUT2D eigenvalue weighted by Gasteiger charge is 2.14. The van der Waals surface area contributed by atoms with Crippen LogP contribution < -0.4 is 0 Å². The fourth-order valence-electron chi connectivity index (χ4n) is 3.90. The van der Waals surface area contributed by atoms with Gasteiger partial charge in [-0.05, 0) is 47.5 Å². The monoisotopic (exact) mass is 350 g/mol. The van der Waals surface area contributed by atoms with Crippen molar-refractivity contribution in [1.82, 2.24) is 0 Å². The summed E-state index contributed by atoms with van der Waals surface area (Å²) in [5, 5.41) is 14.5. The molecular formula is C24H14O3. The number of phenols is 1. The van der Waals surface area contributed by atoms with Crippen molar-refractivity contribution >= 4 is 43.9 Å². The molecule has 0 unspecified atom stereocenters. The lowest BCUT2D eigenvalue weighted by Gasteiger charge is -2.04. The van der Waals surface area contributed by atoms with Gasteiger partial charge in [-0.25, -0.2) is 0 Å². The maximum Gasteiger partial charge on any atom is 0.139 e. The van der Waals surface area contributed by atoms with Crippen LogP contribution in [0.2, 0.25) is 0 Å². The van der Waals surface area contributed by atoms with E-state index < -0.39 is 0 Å². The normalized spacial score (nSPS) is 11.9. The molecule has 0 amide bonds. The SMILES string of the molecule is Oc1cc(-c2ccc3c(c2)oc2ccccc23)cc2oc3ccccc3c12. The van der Waals surface area contributed by atoms with Crippen molar-refractivity contribution in [2.75, 3.05) is 0 Å². The maximum absolute atomic E-state index is 10.6. The van der Waals surface area contributed by atoms with Gasteiger partial charge in [0.05, 0.1) is 5.39 Å². The molecule has 2 aromatic heterocycles. The van der Waals surface area contributed by atoms with Crippen LogP contribution in [0.4, 0.5) is 0 Å². The van der Waals surface area contributed by atoms with Crippen molar-refractivity contribution in [2.24, 2.45) is 0 Å². The topological polar surface area (TPSA) is 46.5 Å². The van der Waals surface area contributed by atoms with Crippen LogP contribution in [0.25, 0.3) is 55.0 Å². The van der Waals surface area contributed by atoms with E-state index in [0.717, 1.165) is 49.4 Å². The second-order valence-corrected chi connectivity index (χ2v) is 6.78. The fourth-order valence-corrected chi connectivity index (χ4v) is 3.90. The van der Waals surface area contributed by atoms with Gasteiger partial charge in [-0.1, -0.05) is 42.5 Å². The number of aromatic hydroxyl groups is 1. The van der Waals surface area contributed by atoms with Crippen LogP contribution in [0.5, 0.6) is 5.75 Å². The Kier molecular flexibility index (Phi) is 2.75. The molecular weight excluding hydrogens is 336 g/mol. The lowest BCUT2D eigenvalue weighted by molar-refractivity contribution is 0.482. The van der Waals surface area contributed by atoms with Gasteiger partial charge in [0.1, 0.15) is 28.1 Å². The van der Waals surface area contributed by atoms with Gasteiger partial charge in [0.15, 0.2) is 0 Å². The molecule has 0 saturated carbocycles. The van der Waals surface area contributed by atoms with Gasteiger partial charge in [0, 0.05) is 16.2 Å². The summed E-state index contributed by atoms with van der Waals surface area (Å²) in [6.45, 7) is 0. The fraction of sp³-hybridized carbons (Fsp3) is 0. The highest BCUT2D eigenvalue weighted by atomic mass is 16.3. The highest BCUT2D eigenvalue weighted by Crippen LogP contribution is 2.39. The first kappa shape index (κ1) is 14.4. The molecule has 0 fully saturated rings. The van der Waals surface area contributed by atoms with Gasteiger partial charge in [0.25, 0.3) is 0 Å². The lowest BCUT2D eigenvalue weighted by Crippen LogP contribution is -1.79. The third kappa shape index (κ3) is 2.02. The minimum absolute atomic E-state index is 0.220. The van der Waals surface area contributed by atoms with Crippen LogP contribution >= 0.6 is 0 Å². The van der Waals surface area contributed by atoms with E-state index in [0.29, 0.717) is 5.58 Å². The summed E-state index contributed by atoms with van der Waals surface area (Å²) < 4.78 is 11.9. The van der Waals surface area contributed by atoms with Gasteiger partial charge >= 0.3 is 0 Å². The summed E-state index contributed by atoms with van der Waals surface area (Å²) in [6, 6.07) is 25.6. The number of furan rings is 2. The summed E-state index contributed by atoms with van der Waals surface area (Å²) in [5.41, 5.74) is 5.02. The molecule has 0 saturated heterocycles. The van der Waals surface area contributed by atoms with Crippen molar-refractivity contribution in [2.45, 2.75) is 0 Å². The standard InChI is InChI=1S/C24H14O3/c25-19-11-15(13-23-24(19)18-6-2-4-8-21(18)27-23)14-9-10-17-16-5-1-3-7-20(16)26-22(17)12-14/h1-13,25H. The summed E-state index contributed by atoms with van der Waals surface area (Å²) in [7, 11) is 0. The summed E-state index contributed by atoms with van der Waals surface area (Å²) >= 11 is 0. The van der Waals surface area contributed by atoms with E-state index in [-0.39, 0.29) is 5.75 Å². The van der Waals surface area contributed by atoms with E-state index in [1.807, 2.05) is 60.7 Å². The molecule has 0 atom stereocenters. The van der Waals surface area contributed by atoms with Gasteiger partial charge < -0.3 is 13.9 Å². The molecule has 1 N–H and O–H groups in total. The first-order valence-electron chi connectivity index (χ1n) is 8.84. The average Bonchev–Trinajstić information content (AvgIpc) is 3.25. The molecule has 3 nitrogen and oxygen atoms in total. The summed E-state index contributed by atoms with van der Waals surface area (Å²) in [5.74, 6) is 0.220. The second-order valence-electron chi connectivity index (χ2n) is 6.78. The predicted octanol–water partition coefficient (Wildman–Crippen LogP) is 6.86. The van der Waals surface area contributed by atoms with Crippen molar-refractivity contribution in [1.29, 1.82) is 0 Å². The Morgan fingerprint density at radius 3 is 2.00 bits per heavy atom. The summed E-state index contributed by atoms with van der Waals surface area (Å²) in [6.07, 6.45) is 0. The number of hydrogen-bond donors (Lipinski definition) is 1. The molecule has 6 aromatic rings. The van der Waals surface area contributed by atoms with E-state index >= 15 is 0 Å². The van der Waals surface area contributed by atoms with Gasteiger partial charge in [-0.3, -0.25) is 0 Å². The minimum atomic E-state index is 0.220. The third-order valence-corrected chi connectivity index (χ3v) is 5.17. The molecule has 0 aliphatic carbocycles. The molecule has 2 heterocycles. The molecule has 0 bridgehead atoms. The Morgan fingerprint density at radius 2 is 1.15 bits per heavy atom. The van der Waals surface area contributed by atoms with Crippen LogP contribution in [0.15, 0.2) is 87.7 Å². The van der Waals surface area contributed by atoms with Crippen LogP contribution in [0.3, 0.4) is 0 Å². The predicted molar refractivity (Wildman–Crippen MR) is 108 cm³/mol. The van der Waals surface area contributed by atoms with E-state index in [1.165, 1.54) is 0 Å². The molecule has 3 heteroatoms. The first-order valence-corrected chi connectivity index (χ1v) is 8.84. The number of para-hydroxylation sites is 2. The molecule has 0 radical (unpaired) electrons. The van der Waals surface area contributed by atoms with Crippen LogP contribution in [-0.4, -0.2) is 5.11 Å². The van der Waals surface area contributed by atoms with E-state index in [2.05, 4.69) is 12.1 Å². The van der Waals surface area contributed by atoms with Gasteiger partial charge in [-0.15, -0.1) is 0 Å². The van der Waals surface area contributed by atoms with E-state index in [1.54, 1.807) is 6.07 Å². The number of rotatable bonds is 1. The Balaban J connectivity index is 1.60. The maximum atomic E-state index is 10.6. The third-order valence-electron chi connectivity index (χ3n) is 5.17. The molecule has 27 heavy (non-hydrogen) atoms. The molecule has 6 rings (SSSR count). The van der Waals surface area contributed by atoms with Crippen LogP contribution in [-0.2, 0) is 0 Å². The van der Waals surface area contributed by atoms with Crippen molar-refractivity contribution in [3.63, 3.8) is 0 Å². The lowest BCUT2D eigenvalue weighted by atomic mass is 10.0. The quantitative estimate of drug-likeness (QED) is 0.352. The first-order chi connectivity index (χ1) is 13.3. The largest absolute Gasteiger partial charge is 0.507 e. The number of fused-ring (bicyclic) bond motifs is 6. The molecule has 128 valence electrons. The Bertz CT molecular complexity index is 1480. The van der Waals surface area contributed by atoms with Crippen molar-refractivity contribution in [3.05, 3.63) is 78.9 Å². The molecule has 0 aliphatic heterocycles. The number of hydrogen-bond acceptors (Lipinski definition) is 3. The number of phenolic OH excluding ortho intramolecular Hbond substituents is 1. The highest BCUT2D eigenvalue weighted by molar-refractivity contribution is 6.10. The van der Waals surface area contributed by atoms with Crippen LogP contribution in [0.1, 0.15) is 0 Å². The molecule has 0 aliphatic rings. The van der Waals surface area contributed by atoms with Crippen molar-refractivity contribution < 1.29 is 13.9 Å². The number of benzene rings is 4. The van der Waals surface area contributed by atoms with E-state index in [9.17, 15) is 5.11 Å². The Hall–Kier alpha value is -3.72. The van der Waals surface area contributed by atoms with Crippen molar-refractivity contribution in [3.8, 4) is 16.9 Å². The van der Waals surface area contributed by atoms with Crippen LogP contribution in [0, 0.1) is 0 Å². The Morgan fingerprint density at radius 1 is 0.519 bits per heavy atom. The average molecular weight is 350 g/mol. The Labute approximate surface area is 154 Å². The second kappa shape index (κ2) is 5.15. The zero-order valence-electron chi connectivity index (χ0n) is 14.3. The van der Waals surface area contributed by atoms with Gasteiger partial charge in [0.2, 0.25) is 0 Å². The zero-order valence-corrected chi connectivity index (χ0v) is 14.3.